The van der Waals surface area contributed by atoms with E-state index in [0.29, 0.717) is 5.92 Å². The third kappa shape index (κ3) is 2.30. The van der Waals surface area contributed by atoms with Gasteiger partial charge in [0.25, 0.3) is 0 Å². The number of aromatic nitrogens is 3. The predicted molar refractivity (Wildman–Crippen MR) is 96.7 cm³/mol. The summed E-state index contributed by atoms with van der Waals surface area (Å²) < 4.78 is 2.05. The van der Waals surface area contributed by atoms with Gasteiger partial charge in [-0.15, -0.1) is 22.7 Å². The zero-order chi connectivity index (χ0) is 16.1. The SMILES string of the molecule is OC(c1ccc(-c2cccnc2)s1)c1c(C2CC2)sc2cncn12. The minimum atomic E-state index is -0.612. The van der Waals surface area contributed by atoms with Crippen LogP contribution < -0.4 is 0 Å². The van der Waals surface area contributed by atoms with Crippen molar-refractivity contribution in [2.24, 2.45) is 0 Å². The van der Waals surface area contributed by atoms with Gasteiger partial charge in [0.1, 0.15) is 17.3 Å². The fourth-order valence-corrected chi connectivity index (χ4v) is 5.31. The van der Waals surface area contributed by atoms with Crippen LogP contribution in [0, 0.1) is 0 Å². The van der Waals surface area contributed by atoms with Crippen LogP contribution in [0.5, 0.6) is 0 Å². The molecule has 0 aliphatic heterocycles. The lowest BCUT2D eigenvalue weighted by Crippen LogP contribution is -2.03. The molecule has 6 heteroatoms. The van der Waals surface area contributed by atoms with Gasteiger partial charge in [-0.3, -0.25) is 9.38 Å². The molecule has 1 aliphatic carbocycles. The Balaban J connectivity index is 1.57. The van der Waals surface area contributed by atoms with Gasteiger partial charge >= 0.3 is 0 Å². The average Bonchev–Trinajstić information content (AvgIpc) is 3.04. The molecule has 0 spiro atoms. The molecule has 0 bridgehead atoms. The number of fused-ring (bicyclic) bond motifs is 1. The Bertz CT molecular complexity index is 998. The summed E-state index contributed by atoms with van der Waals surface area (Å²) >= 11 is 3.39. The summed E-state index contributed by atoms with van der Waals surface area (Å²) in [5, 5.41) is 11.1. The Morgan fingerprint density at radius 3 is 2.83 bits per heavy atom. The molecule has 1 aliphatic rings. The summed E-state index contributed by atoms with van der Waals surface area (Å²) in [6.07, 6.45) is 9.16. The lowest BCUT2D eigenvalue weighted by molar-refractivity contribution is 0.217. The highest BCUT2D eigenvalue weighted by atomic mass is 32.1. The molecular weight excluding hydrogens is 338 g/mol. The standard InChI is InChI=1S/C18H15N3OS2/c22-17(14-6-5-13(23-14)12-2-1-7-19-8-12)16-18(11-3-4-11)24-15-9-20-10-21(15)16/h1-2,5-11,17,22H,3-4H2. The van der Waals surface area contributed by atoms with E-state index in [1.807, 2.05) is 41.3 Å². The smallest absolute Gasteiger partial charge is 0.130 e. The van der Waals surface area contributed by atoms with Gasteiger partial charge in [-0.1, -0.05) is 6.07 Å². The fraction of sp³-hybridized carbons (Fsp3) is 0.222. The third-order valence-corrected chi connectivity index (χ3v) is 6.84. The van der Waals surface area contributed by atoms with Crippen molar-refractivity contribution < 1.29 is 5.11 Å². The number of nitrogens with zero attached hydrogens (tertiary/aromatic N) is 3. The molecule has 24 heavy (non-hydrogen) atoms. The first-order chi connectivity index (χ1) is 11.8. The van der Waals surface area contributed by atoms with Gasteiger partial charge in [-0.2, -0.15) is 0 Å². The van der Waals surface area contributed by atoms with Crippen molar-refractivity contribution in [3.05, 3.63) is 64.6 Å². The van der Waals surface area contributed by atoms with Gasteiger partial charge in [0.15, 0.2) is 0 Å². The average molecular weight is 353 g/mol. The molecule has 0 saturated heterocycles. The van der Waals surface area contributed by atoms with Crippen molar-refractivity contribution in [2.45, 2.75) is 24.9 Å². The molecule has 1 N–H and O–H groups in total. The summed E-state index contributed by atoms with van der Waals surface area (Å²) in [5.41, 5.74) is 2.08. The summed E-state index contributed by atoms with van der Waals surface area (Å²) in [7, 11) is 0. The number of aliphatic hydroxyl groups is 1. The zero-order valence-corrected chi connectivity index (χ0v) is 14.4. The van der Waals surface area contributed by atoms with Crippen LogP contribution in [0.15, 0.2) is 49.2 Å². The highest BCUT2D eigenvalue weighted by Crippen LogP contribution is 2.48. The molecule has 0 aromatic carbocycles. The van der Waals surface area contributed by atoms with Crippen LogP contribution in [0.3, 0.4) is 0 Å². The van der Waals surface area contributed by atoms with Crippen LogP contribution in [-0.4, -0.2) is 19.5 Å². The number of thiazole rings is 1. The summed E-state index contributed by atoms with van der Waals surface area (Å²) in [5.74, 6) is 0.609. The van der Waals surface area contributed by atoms with Gasteiger partial charge in [0, 0.05) is 32.6 Å². The molecule has 0 radical (unpaired) electrons. The molecule has 1 atom stereocenters. The van der Waals surface area contributed by atoms with Gasteiger partial charge in [0.2, 0.25) is 0 Å². The van der Waals surface area contributed by atoms with Crippen LogP contribution in [0.25, 0.3) is 15.3 Å². The quantitative estimate of drug-likeness (QED) is 0.588. The summed E-state index contributed by atoms with van der Waals surface area (Å²) in [4.78, 5) is 12.9. The molecular formula is C18H15N3OS2. The monoisotopic (exact) mass is 353 g/mol. The van der Waals surface area contributed by atoms with E-state index in [1.165, 1.54) is 17.7 Å². The summed E-state index contributed by atoms with van der Waals surface area (Å²) in [6.45, 7) is 0. The molecule has 4 nitrogen and oxygen atoms in total. The molecule has 4 aromatic heterocycles. The Morgan fingerprint density at radius 1 is 1.12 bits per heavy atom. The van der Waals surface area contributed by atoms with Crippen molar-refractivity contribution in [1.82, 2.24) is 14.4 Å². The maximum atomic E-state index is 11.1. The van der Waals surface area contributed by atoms with Gasteiger partial charge in [-0.05, 0) is 37.0 Å². The second-order valence-corrected chi connectivity index (χ2v) is 8.25. The number of rotatable bonds is 4. The largest absolute Gasteiger partial charge is 0.381 e. The second kappa shape index (κ2) is 5.51. The Hall–Kier alpha value is -2.02. The van der Waals surface area contributed by atoms with Gasteiger partial charge in [0.05, 0.1) is 11.9 Å². The lowest BCUT2D eigenvalue weighted by Gasteiger charge is -2.10. The fourth-order valence-electron chi connectivity index (χ4n) is 3.03. The van der Waals surface area contributed by atoms with E-state index < -0.39 is 6.10 Å². The Labute approximate surface area is 147 Å². The normalized spacial score (nSPS) is 15.9. The van der Waals surface area contributed by atoms with E-state index in [0.717, 1.165) is 25.8 Å². The Kier molecular flexibility index (Phi) is 3.29. The number of pyridine rings is 1. The first-order valence-electron chi connectivity index (χ1n) is 7.94. The molecule has 1 unspecified atom stereocenters. The van der Waals surface area contributed by atoms with E-state index in [2.05, 4.69) is 16.0 Å². The number of hydrogen-bond acceptors (Lipinski definition) is 5. The molecule has 1 saturated carbocycles. The van der Waals surface area contributed by atoms with E-state index in [1.54, 1.807) is 28.9 Å². The van der Waals surface area contributed by atoms with Crippen molar-refractivity contribution in [3.63, 3.8) is 0 Å². The van der Waals surface area contributed by atoms with Crippen LogP contribution in [0.4, 0.5) is 0 Å². The first kappa shape index (κ1) is 14.3. The van der Waals surface area contributed by atoms with Crippen LogP contribution in [0.2, 0.25) is 0 Å². The number of thiophene rings is 1. The molecule has 120 valence electrons. The molecule has 0 amide bonds. The van der Waals surface area contributed by atoms with Crippen LogP contribution in [-0.2, 0) is 0 Å². The minimum absolute atomic E-state index is 0.609. The van der Waals surface area contributed by atoms with E-state index in [4.69, 9.17) is 0 Å². The number of imidazole rings is 1. The lowest BCUT2D eigenvalue weighted by atomic mass is 10.1. The van der Waals surface area contributed by atoms with E-state index in [9.17, 15) is 5.11 Å². The Morgan fingerprint density at radius 2 is 2.04 bits per heavy atom. The molecule has 5 rings (SSSR count). The molecule has 1 fully saturated rings. The molecule has 4 heterocycles. The van der Waals surface area contributed by atoms with Crippen molar-refractivity contribution in [3.8, 4) is 10.4 Å². The van der Waals surface area contributed by atoms with E-state index >= 15 is 0 Å². The number of hydrogen-bond donors (Lipinski definition) is 1. The first-order valence-corrected chi connectivity index (χ1v) is 9.57. The van der Waals surface area contributed by atoms with Crippen LogP contribution >= 0.6 is 22.7 Å². The topological polar surface area (TPSA) is 50.4 Å². The second-order valence-electron chi connectivity index (χ2n) is 6.07. The molecule has 4 aromatic rings. The highest BCUT2D eigenvalue weighted by Gasteiger charge is 2.33. The van der Waals surface area contributed by atoms with E-state index in [-0.39, 0.29) is 0 Å². The zero-order valence-electron chi connectivity index (χ0n) is 12.8. The van der Waals surface area contributed by atoms with Crippen molar-refractivity contribution in [2.75, 3.05) is 0 Å². The highest BCUT2D eigenvalue weighted by molar-refractivity contribution is 7.17. The minimum Gasteiger partial charge on any atom is -0.381 e. The number of aliphatic hydroxyl groups excluding tert-OH is 1. The van der Waals surface area contributed by atoms with Gasteiger partial charge in [-0.25, -0.2) is 4.98 Å². The maximum absolute atomic E-state index is 11.1. The van der Waals surface area contributed by atoms with Crippen LogP contribution in [0.1, 0.15) is 40.3 Å². The predicted octanol–water partition coefficient (Wildman–Crippen LogP) is 4.48. The van der Waals surface area contributed by atoms with Gasteiger partial charge < -0.3 is 5.11 Å². The van der Waals surface area contributed by atoms with Crippen molar-refractivity contribution in [1.29, 1.82) is 0 Å². The van der Waals surface area contributed by atoms with Crippen molar-refractivity contribution >= 4 is 27.5 Å². The third-order valence-electron chi connectivity index (χ3n) is 4.38. The summed E-state index contributed by atoms with van der Waals surface area (Å²) in [6, 6.07) is 8.07. The maximum Gasteiger partial charge on any atom is 0.130 e.